The van der Waals surface area contributed by atoms with Crippen molar-refractivity contribution in [2.24, 2.45) is 5.16 Å². The molecule has 0 radical (unpaired) electrons. The van der Waals surface area contributed by atoms with Gasteiger partial charge in [0.25, 0.3) is 0 Å². The highest BCUT2D eigenvalue weighted by Crippen LogP contribution is 2.29. The number of hydrogen-bond donors (Lipinski definition) is 1. The standard InChI is InChI=1S/C16H13Cl2F3N2O3S/c1-10(22-26-9-11-2-4-12(17)5-3-11)14-8-13(18)6-7-15(14)23-27(24,25)16(19,20)21/h2-8,23H,9H2,1H3/b22-10+. The number of oxime groups is 1. The average molecular weight is 441 g/mol. The highest BCUT2D eigenvalue weighted by Gasteiger charge is 2.46. The minimum atomic E-state index is -5.59. The summed E-state index contributed by atoms with van der Waals surface area (Å²) < 4.78 is 62.0. The van der Waals surface area contributed by atoms with E-state index >= 15 is 0 Å². The molecule has 2 aromatic rings. The second kappa shape index (κ2) is 8.37. The smallest absolute Gasteiger partial charge is 0.391 e. The van der Waals surface area contributed by atoms with Crippen LogP contribution >= 0.6 is 23.2 Å². The van der Waals surface area contributed by atoms with Gasteiger partial charge in [-0.1, -0.05) is 40.5 Å². The molecule has 2 aromatic carbocycles. The molecule has 5 nitrogen and oxygen atoms in total. The fourth-order valence-corrected chi connectivity index (χ4v) is 2.82. The van der Waals surface area contributed by atoms with E-state index in [0.29, 0.717) is 5.02 Å². The number of benzene rings is 2. The minimum Gasteiger partial charge on any atom is -0.391 e. The summed E-state index contributed by atoms with van der Waals surface area (Å²) in [7, 11) is -5.59. The van der Waals surface area contributed by atoms with E-state index in [1.165, 1.54) is 23.8 Å². The molecule has 0 spiro atoms. The van der Waals surface area contributed by atoms with E-state index in [9.17, 15) is 21.6 Å². The van der Waals surface area contributed by atoms with Crippen LogP contribution in [0.15, 0.2) is 47.6 Å². The van der Waals surface area contributed by atoms with Gasteiger partial charge in [-0.25, -0.2) is 0 Å². The van der Waals surface area contributed by atoms with Crippen LogP contribution in [0.5, 0.6) is 0 Å². The van der Waals surface area contributed by atoms with Crippen LogP contribution in [0.4, 0.5) is 18.9 Å². The molecule has 27 heavy (non-hydrogen) atoms. The van der Waals surface area contributed by atoms with Gasteiger partial charge in [-0.05, 0) is 42.8 Å². The Morgan fingerprint density at radius 1 is 1.11 bits per heavy atom. The van der Waals surface area contributed by atoms with Gasteiger partial charge in [0.1, 0.15) is 6.61 Å². The van der Waals surface area contributed by atoms with Gasteiger partial charge < -0.3 is 4.84 Å². The lowest BCUT2D eigenvalue weighted by Gasteiger charge is -2.14. The third kappa shape index (κ3) is 5.75. The zero-order valence-electron chi connectivity index (χ0n) is 13.7. The lowest BCUT2D eigenvalue weighted by molar-refractivity contribution is -0.0429. The number of hydrogen-bond acceptors (Lipinski definition) is 4. The Kier molecular flexibility index (Phi) is 6.61. The molecule has 0 saturated carbocycles. The summed E-state index contributed by atoms with van der Waals surface area (Å²) >= 11 is 11.6. The van der Waals surface area contributed by atoms with Crippen LogP contribution in [0.3, 0.4) is 0 Å². The topological polar surface area (TPSA) is 67.8 Å². The summed E-state index contributed by atoms with van der Waals surface area (Å²) in [4.78, 5) is 5.17. The molecule has 2 rings (SSSR count). The Hall–Kier alpha value is -1.97. The Morgan fingerprint density at radius 3 is 2.30 bits per heavy atom. The first-order valence-corrected chi connectivity index (χ1v) is 9.53. The van der Waals surface area contributed by atoms with Crippen LogP contribution < -0.4 is 4.72 Å². The summed E-state index contributed by atoms with van der Waals surface area (Å²) in [6.45, 7) is 1.53. The number of rotatable bonds is 6. The van der Waals surface area contributed by atoms with Gasteiger partial charge in [0.2, 0.25) is 0 Å². The van der Waals surface area contributed by atoms with Crippen molar-refractivity contribution < 1.29 is 26.4 Å². The normalized spacial score (nSPS) is 12.7. The van der Waals surface area contributed by atoms with Crippen molar-refractivity contribution in [1.82, 2.24) is 0 Å². The predicted octanol–water partition coefficient (Wildman–Crippen LogP) is 5.20. The third-order valence-electron chi connectivity index (χ3n) is 3.27. The van der Waals surface area contributed by atoms with Crippen molar-refractivity contribution >= 4 is 44.6 Å². The summed E-state index contributed by atoms with van der Waals surface area (Å²) in [5.41, 5.74) is -4.84. The zero-order valence-corrected chi connectivity index (χ0v) is 16.0. The van der Waals surface area contributed by atoms with Crippen LogP contribution in [0.25, 0.3) is 0 Å². The van der Waals surface area contributed by atoms with E-state index in [0.717, 1.165) is 11.6 Å². The fourth-order valence-electron chi connectivity index (χ4n) is 1.94. The van der Waals surface area contributed by atoms with E-state index in [1.54, 1.807) is 24.3 Å². The van der Waals surface area contributed by atoms with E-state index in [4.69, 9.17) is 28.0 Å². The van der Waals surface area contributed by atoms with Crippen LogP contribution in [-0.2, 0) is 21.5 Å². The van der Waals surface area contributed by atoms with Gasteiger partial charge in [0, 0.05) is 15.6 Å². The van der Waals surface area contributed by atoms with Gasteiger partial charge in [0.05, 0.1) is 11.4 Å². The average Bonchev–Trinajstić information content (AvgIpc) is 2.57. The molecule has 0 aromatic heterocycles. The van der Waals surface area contributed by atoms with Crippen molar-refractivity contribution in [2.45, 2.75) is 19.0 Å². The van der Waals surface area contributed by atoms with E-state index in [-0.39, 0.29) is 28.6 Å². The van der Waals surface area contributed by atoms with Crippen molar-refractivity contribution in [3.63, 3.8) is 0 Å². The first-order chi connectivity index (χ1) is 12.5. The van der Waals surface area contributed by atoms with Crippen molar-refractivity contribution in [1.29, 1.82) is 0 Å². The predicted molar refractivity (Wildman–Crippen MR) is 98.5 cm³/mol. The number of nitrogens with zero attached hydrogens (tertiary/aromatic N) is 1. The molecule has 0 aliphatic heterocycles. The molecule has 11 heteroatoms. The van der Waals surface area contributed by atoms with Gasteiger partial charge in [0.15, 0.2) is 0 Å². The van der Waals surface area contributed by atoms with E-state index < -0.39 is 15.5 Å². The Labute approximate surface area is 163 Å². The van der Waals surface area contributed by atoms with Crippen LogP contribution in [0.1, 0.15) is 18.1 Å². The Morgan fingerprint density at radius 2 is 1.70 bits per heavy atom. The Bertz CT molecular complexity index is 946. The van der Waals surface area contributed by atoms with Crippen LogP contribution in [0, 0.1) is 0 Å². The minimum absolute atomic E-state index is 0.0476. The SMILES string of the molecule is C/C(=N\OCc1ccc(Cl)cc1)c1cc(Cl)ccc1NS(=O)(=O)C(F)(F)F. The molecule has 0 atom stereocenters. The summed E-state index contributed by atoms with van der Waals surface area (Å²) in [5.74, 6) is 0. The number of anilines is 1. The maximum absolute atomic E-state index is 12.6. The highest BCUT2D eigenvalue weighted by molar-refractivity contribution is 7.93. The van der Waals surface area contributed by atoms with E-state index in [1.807, 2.05) is 0 Å². The molecule has 1 N–H and O–H groups in total. The van der Waals surface area contributed by atoms with Crippen LogP contribution in [-0.4, -0.2) is 19.6 Å². The van der Waals surface area contributed by atoms with Crippen molar-refractivity contribution in [3.8, 4) is 0 Å². The van der Waals surface area contributed by atoms with Gasteiger partial charge in [-0.2, -0.15) is 21.6 Å². The third-order valence-corrected chi connectivity index (χ3v) is 4.85. The first-order valence-electron chi connectivity index (χ1n) is 7.29. The number of alkyl halides is 3. The molecule has 0 aliphatic rings. The maximum atomic E-state index is 12.6. The monoisotopic (exact) mass is 440 g/mol. The van der Waals surface area contributed by atoms with Gasteiger partial charge >= 0.3 is 15.5 Å². The first kappa shape index (κ1) is 21.3. The van der Waals surface area contributed by atoms with Gasteiger partial charge in [-0.3, -0.25) is 4.72 Å². The second-order valence-corrected chi connectivity index (χ2v) is 7.86. The lowest BCUT2D eigenvalue weighted by atomic mass is 10.1. The van der Waals surface area contributed by atoms with E-state index in [2.05, 4.69) is 5.16 Å². The second-order valence-electron chi connectivity index (χ2n) is 5.32. The molecule has 0 unspecified atom stereocenters. The summed E-state index contributed by atoms with van der Waals surface area (Å²) in [6, 6.07) is 10.4. The summed E-state index contributed by atoms with van der Waals surface area (Å²) in [6.07, 6.45) is 0. The quantitative estimate of drug-likeness (QED) is 0.495. The number of sulfonamides is 1. The maximum Gasteiger partial charge on any atom is 0.516 e. The lowest BCUT2D eigenvalue weighted by Crippen LogP contribution is -2.30. The largest absolute Gasteiger partial charge is 0.516 e. The van der Waals surface area contributed by atoms with Crippen LogP contribution in [0.2, 0.25) is 10.0 Å². The number of nitrogens with one attached hydrogen (secondary N) is 1. The number of halogens is 5. The molecular formula is C16H13Cl2F3N2O3S. The molecule has 0 aliphatic carbocycles. The van der Waals surface area contributed by atoms with Crippen molar-refractivity contribution in [3.05, 3.63) is 63.6 Å². The van der Waals surface area contributed by atoms with Gasteiger partial charge in [-0.15, -0.1) is 0 Å². The highest BCUT2D eigenvalue weighted by atomic mass is 35.5. The van der Waals surface area contributed by atoms with Crippen molar-refractivity contribution in [2.75, 3.05) is 4.72 Å². The zero-order chi connectivity index (χ0) is 20.2. The molecule has 0 bridgehead atoms. The fraction of sp³-hybridized carbons (Fsp3) is 0.188. The molecule has 146 valence electrons. The molecule has 0 fully saturated rings. The molecule has 0 amide bonds. The molecule has 0 saturated heterocycles. The summed E-state index contributed by atoms with van der Waals surface area (Å²) in [5, 5.41) is 4.56. The Balaban J connectivity index is 2.23. The molecule has 0 heterocycles. The molecular weight excluding hydrogens is 428 g/mol.